The molecule has 2 amide bonds. The Bertz CT molecular complexity index is 971. The van der Waals surface area contributed by atoms with Crippen molar-refractivity contribution in [3.8, 4) is 11.5 Å². The summed E-state index contributed by atoms with van der Waals surface area (Å²) in [6, 6.07) is 14.1. The number of carbonyl (C=O) groups is 3. The minimum absolute atomic E-state index is 0.0406. The summed E-state index contributed by atoms with van der Waals surface area (Å²) in [4.78, 5) is 39.1. The van der Waals surface area contributed by atoms with Gasteiger partial charge in [-0.05, 0) is 56.5 Å². The standard InChI is InChI=1S/C26H32N2O6/c1-3-16-33-22-11-10-20(17-23(22)32-4-2)26(31)34-18-24(29)28-14-12-19(13-15-28)25(30)27-21-8-6-5-7-9-21/h5-11,17,19H,3-4,12-16,18H2,1-2H3,(H,27,30). The smallest absolute Gasteiger partial charge is 0.338 e. The van der Waals surface area contributed by atoms with E-state index in [0.29, 0.717) is 50.6 Å². The summed E-state index contributed by atoms with van der Waals surface area (Å²) in [5.41, 5.74) is 1.05. The van der Waals surface area contributed by atoms with Crippen LogP contribution in [0.15, 0.2) is 48.5 Å². The van der Waals surface area contributed by atoms with Crippen LogP contribution in [0.1, 0.15) is 43.5 Å². The number of piperidine rings is 1. The molecule has 0 radical (unpaired) electrons. The number of carbonyl (C=O) groups excluding carboxylic acids is 3. The molecule has 0 atom stereocenters. The first-order chi connectivity index (χ1) is 16.5. The van der Waals surface area contributed by atoms with E-state index in [4.69, 9.17) is 14.2 Å². The molecular weight excluding hydrogens is 436 g/mol. The number of rotatable bonds is 10. The number of hydrogen-bond acceptors (Lipinski definition) is 6. The minimum Gasteiger partial charge on any atom is -0.490 e. The fourth-order valence-corrected chi connectivity index (χ4v) is 3.69. The lowest BCUT2D eigenvalue weighted by molar-refractivity contribution is -0.137. The average Bonchev–Trinajstić information content (AvgIpc) is 2.87. The molecule has 0 bridgehead atoms. The molecule has 2 aromatic rings. The lowest BCUT2D eigenvalue weighted by atomic mass is 9.95. The summed E-state index contributed by atoms with van der Waals surface area (Å²) in [6.07, 6.45) is 1.98. The number of esters is 1. The monoisotopic (exact) mass is 468 g/mol. The number of benzene rings is 2. The van der Waals surface area contributed by atoms with Crippen LogP contribution in [0.5, 0.6) is 11.5 Å². The quantitative estimate of drug-likeness (QED) is 0.532. The molecule has 1 aliphatic heterocycles. The normalized spacial score (nSPS) is 13.8. The van der Waals surface area contributed by atoms with Crippen LogP contribution in [-0.2, 0) is 14.3 Å². The van der Waals surface area contributed by atoms with Crippen molar-refractivity contribution in [3.63, 3.8) is 0 Å². The Hall–Kier alpha value is -3.55. The van der Waals surface area contributed by atoms with Gasteiger partial charge in [0.15, 0.2) is 18.1 Å². The minimum atomic E-state index is -0.603. The van der Waals surface area contributed by atoms with Crippen LogP contribution in [0.4, 0.5) is 5.69 Å². The van der Waals surface area contributed by atoms with Gasteiger partial charge >= 0.3 is 5.97 Å². The Labute approximate surface area is 200 Å². The zero-order chi connectivity index (χ0) is 24.3. The Morgan fingerprint density at radius 1 is 0.971 bits per heavy atom. The topological polar surface area (TPSA) is 94.2 Å². The van der Waals surface area contributed by atoms with Gasteiger partial charge < -0.3 is 24.4 Å². The van der Waals surface area contributed by atoms with E-state index in [1.807, 2.05) is 44.2 Å². The van der Waals surface area contributed by atoms with E-state index in [9.17, 15) is 14.4 Å². The second kappa shape index (κ2) is 12.6. The summed E-state index contributed by atoms with van der Waals surface area (Å²) in [5, 5.41) is 2.91. The summed E-state index contributed by atoms with van der Waals surface area (Å²) < 4.78 is 16.5. The highest BCUT2D eigenvalue weighted by molar-refractivity contribution is 5.93. The highest BCUT2D eigenvalue weighted by Crippen LogP contribution is 2.29. The Morgan fingerprint density at radius 3 is 2.38 bits per heavy atom. The number of nitrogens with one attached hydrogen (secondary N) is 1. The highest BCUT2D eigenvalue weighted by atomic mass is 16.5. The molecule has 0 aromatic heterocycles. The molecular formula is C26H32N2O6. The molecule has 182 valence electrons. The Kier molecular flexibility index (Phi) is 9.31. The lowest BCUT2D eigenvalue weighted by Gasteiger charge is -2.31. The van der Waals surface area contributed by atoms with Crippen LogP contribution < -0.4 is 14.8 Å². The molecule has 1 aliphatic rings. The van der Waals surface area contributed by atoms with E-state index in [-0.39, 0.29) is 29.9 Å². The van der Waals surface area contributed by atoms with Crippen LogP contribution in [-0.4, -0.2) is 55.6 Å². The summed E-state index contributed by atoms with van der Waals surface area (Å²) in [6.45, 7) is 5.37. The number of hydrogen-bond donors (Lipinski definition) is 1. The SMILES string of the molecule is CCCOc1ccc(C(=O)OCC(=O)N2CCC(C(=O)Nc3ccccc3)CC2)cc1OCC. The molecule has 1 N–H and O–H groups in total. The zero-order valence-electron chi connectivity index (χ0n) is 19.7. The predicted octanol–water partition coefficient (Wildman–Crippen LogP) is 3.91. The van der Waals surface area contributed by atoms with Crippen molar-refractivity contribution in [2.45, 2.75) is 33.1 Å². The molecule has 0 aliphatic carbocycles. The molecule has 0 unspecified atom stereocenters. The Balaban J connectivity index is 1.47. The first-order valence-corrected chi connectivity index (χ1v) is 11.7. The second-order valence-corrected chi connectivity index (χ2v) is 8.03. The first kappa shape index (κ1) is 25.1. The van der Waals surface area contributed by atoms with Crippen LogP contribution in [0.25, 0.3) is 0 Å². The maximum Gasteiger partial charge on any atom is 0.338 e. The third-order valence-electron chi connectivity index (χ3n) is 5.53. The molecule has 1 heterocycles. The third-order valence-corrected chi connectivity index (χ3v) is 5.53. The van der Waals surface area contributed by atoms with Crippen LogP contribution in [0.3, 0.4) is 0 Å². The summed E-state index contributed by atoms with van der Waals surface area (Å²) >= 11 is 0. The average molecular weight is 469 g/mol. The van der Waals surface area contributed by atoms with Crippen LogP contribution in [0, 0.1) is 5.92 Å². The maximum atomic E-state index is 12.5. The molecule has 8 nitrogen and oxygen atoms in total. The van der Waals surface area contributed by atoms with Gasteiger partial charge in [0.25, 0.3) is 5.91 Å². The van der Waals surface area contributed by atoms with Crippen molar-refractivity contribution in [1.29, 1.82) is 0 Å². The summed E-state index contributed by atoms with van der Waals surface area (Å²) in [5.74, 6) is -0.0434. The molecule has 0 spiro atoms. The van der Waals surface area contributed by atoms with Gasteiger partial charge in [-0.1, -0.05) is 25.1 Å². The first-order valence-electron chi connectivity index (χ1n) is 11.7. The van der Waals surface area contributed by atoms with Crippen molar-refractivity contribution >= 4 is 23.5 Å². The highest BCUT2D eigenvalue weighted by Gasteiger charge is 2.28. The van der Waals surface area contributed by atoms with Crippen molar-refractivity contribution in [2.75, 3.05) is 38.2 Å². The van der Waals surface area contributed by atoms with Gasteiger partial charge in [-0.15, -0.1) is 0 Å². The number of amides is 2. The number of likely N-dealkylation sites (tertiary alicyclic amines) is 1. The number of anilines is 1. The fourth-order valence-electron chi connectivity index (χ4n) is 3.69. The van der Waals surface area contributed by atoms with Gasteiger partial charge in [0, 0.05) is 24.7 Å². The van der Waals surface area contributed by atoms with Crippen molar-refractivity contribution in [2.24, 2.45) is 5.92 Å². The largest absolute Gasteiger partial charge is 0.490 e. The van der Waals surface area contributed by atoms with Gasteiger partial charge in [0.1, 0.15) is 0 Å². The van der Waals surface area contributed by atoms with Crippen molar-refractivity contribution in [1.82, 2.24) is 4.90 Å². The maximum absolute atomic E-state index is 12.5. The van der Waals surface area contributed by atoms with Gasteiger partial charge in [-0.3, -0.25) is 9.59 Å². The van der Waals surface area contributed by atoms with E-state index in [0.717, 1.165) is 12.1 Å². The zero-order valence-corrected chi connectivity index (χ0v) is 19.7. The van der Waals surface area contributed by atoms with Gasteiger partial charge in [0.2, 0.25) is 5.91 Å². The second-order valence-electron chi connectivity index (χ2n) is 8.03. The molecule has 1 saturated heterocycles. The van der Waals surface area contributed by atoms with E-state index in [1.54, 1.807) is 23.1 Å². The summed E-state index contributed by atoms with van der Waals surface area (Å²) in [7, 11) is 0. The van der Waals surface area contributed by atoms with E-state index < -0.39 is 5.97 Å². The molecule has 3 rings (SSSR count). The van der Waals surface area contributed by atoms with Crippen molar-refractivity contribution < 1.29 is 28.6 Å². The molecule has 8 heteroatoms. The predicted molar refractivity (Wildman–Crippen MR) is 128 cm³/mol. The number of nitrogens with zero attached hydrogens (tertiary/aromatic N) is 1. The van der Waals surface area contributed by atoms with Crippen LogP contribution >= 0.6 is 0 Å². The molecule has 0 saturated carbocycles. The molecule has 2 aromatic carbocycles. The van der Waals surface area contributed by atoms with Crippen LogP contribution in [0.2, 0.25) is 0 Å². The van der Waals surface area contributed by atoms with Crippen molar-refractivity contribution in [3.05, 3.63) is 54.1 Å². The Morgan fingerprint density at radius 2 is 1.71 bits per heavy atom. The van der Waals surface area contributed by atoms with Gasteiger partial charge in [-0.25, -0.2) is 4.79 Å². The van der Waals surface area contributed by atoms with Gasteiger partial charge in [-0.2, -0.15) is 0 Å². The van der Waals surface area contributed by atoms with Gasteiger partial charge in [0.05, 0.1) is 18.8 Å². The third kappa shape index (κ3) is 6.97. The van der Waals surface area contributed by atoms with E-state index >= 15 is 0 Å². The van der Waals surface area contributed by atoms with E-state index in [1.165, 1.54) is 0 Å². The fraction of sp³-hybridized carbons (Fsp3) is 0.423. The number of para-hydroxylation sites is 1. The lowest BCUT2D eigenvalue weighted by Crippen LogP contribution is -2.43. The number of ether oxygens (including phenoxy) is 3. The molecule has 1 fully saturated rings. The molecule has 34 heavy (non-hydrogen) atoms. The van der Waals surface area contributed by atoms with E-state index in [2.05, 4.69) is 5.32 Å².